The van der Waals surface area contributed by atoms with Crippen LogP contribution in [0.4, 0.5) is 0 Å². The van der Waals surface area contributed by atoms with Crippen molar-refractivity contribution in [2.45, 2.75) is 20.3 Å². The molecule has 116 valence electrons. The van der Waals surface area contributed by atoms with Crippen molar-refractivity contribution in [3.05, 3.63) is 65.4 Å². The lowest BCUT2D eigenvalue weighted by Gasteiger charge is -2.11. The standard InChI is InChI=1S/C18H17N3O2/c1-3-13-8-4-5-10-15(13)21-17(16(18(22)23)19-20-21)14-9-6-7-12(2)11-14/h4-11H,3H2,1-2H3,(H,22,23). The van der Waals surface area contributed by atoms with Gasteiger partial charge in [-0.25, -0.2) is 9.48 Å². The minimum Gasteiger partial charge on any atom is -0.476 e. The lowest BCUT2D eigenvalue weighted by Crippen LogP contribution is -2.05. The van der Waals surface area contributed by atoms with E-state index in [-0.39, 0.29) is 5.69 Å². The van der Waals surface area contributed by atoms with E-state index in [1.807, 2.05) is 55.5 Å². The molecular formula is C18H17N3O2. The van der Waals surface area contributed by atoms with Crippen LogP contribution < -0.4 is 0 Å². The molecule has 3 aromatic rings. The van der Waals surface area contributed by atoms with Crippen LogP contribution in [0.15, 0.2) is 48.5 Å². The first-order valence-corrected chi connectivity index (χ1v) is 7.46. The number of hydrogen-bond donors (Lipinski definition) is 1. The highest BCUT2D eigenvalue weighted by Gasteiger charge is 2.22. The first kappa shape index (κ1) is 15.0. The Kier molecular flexibility index (Phi) is 3.93. The number of carbonyl (C=O) groups is 1. The summed E-state index contributed by atoms with van der Waals surface area (Å²) in [4.78, 5) is 11.6. The molecule has 0 aliphatic heterocycles. The van der Waals surface area contributed by atoms with E-state index in [0.717, 1.165) is 28.8 Å². The lowest BCUT2D eigenvalue weighted by molar-refractivity contribution is 0.0691. The highest BCUT2D eigenvalue weighted by atomic mass is 16.4. The molecule has 5 nitrogen and oxygen atoms in total. The van der Waals surface area contributed by atoms with Crippen LogP contribution >= 0.6 is 0 Å². The molecule has 0 amide bonds. The van der Waals surface area contributed by atoms with E-state index < -0.39 is 5.97 Å². The van der Waals surface area contributed by atoms with Crippen LogP contribution in [0.25, 0.3) is 16.9 Å². The van der Waals surface area contributed by atoms with Gasteiger partial charge in [0.05, 0.1) is 5.69 Å². The average molecular weight is 307 g/mol. The zero-order valence-corrected chi connectivity index (χ0v) is 13.0. The van der Waals surface area contributed by atoms with E-state index in [1.54, 1.807) is 4.68 Å². The molecule has 3 rings (SSSR count). The lowest BCUT2D eigenvalue weighted by atomic mass is 10.1. The molecule has 0 saturated carbocycles. The van der Waals surface area contributed by atoms with Crippen molar-refractivity contribution in [1.82, 2.24) is 15.0 Å². The summed E-state index contributed by atoms with van der Waals surface area (Å²) in [6.07, 6.45) is 0.825. The summed E-state index contributed by atoms with van der Waals surface area (Å²) in [7, 11) is 0. The first-order chi connectivity index (χ1) is 11.1. The highest BCUT2D eigenvalue weighted by molar-refractivity contribution is 5.93. The third kappa shape index (κ3) is 2.73. The number of aromatic carboxylic acids is 1. The maximum absolute atomic E-state index is 11.6. The van der Waals surface area contributed by atoms with Crippen molar-refractivity contribution >= 4 is 5.97 Å². The predicted molar refractivity (Wildman–Crippen MR) is 87.9 cm³/mol. The number of para-hydroxylation sites is 1. The number of aryl methyl sites for hydroxylation is 2. The Morgan fingerprint density at radius 3 is 2.65 bits per heavy atom. The van der Waals surface area contributed by atoms with Crippen molar-refractivity contribution in [3.63, 3.8) is 0 Å². The molecule has 23 heavy (non-hydrogen) atoms. The topological polar surface area (TPSA) is 68.0 Å². The molecule has 5 heteroatoms. The van der Waals surface area contributed by atoms with Crippen molar-refractivity contribution in [2.24, 2.45) is 0 Å². The fourth-order valence-electron chi connectivity index (χ4n) is 2.66. The minimum atomic E-state index is -1.08. The summed E-state index contributed by atoms with van der Waals surface area (Å²) in [6, 6.07) is 15.5. The van der Waals surface area contributed by atoms with E-state index in [0.29, 0.717) is 5.69 Å². The Morgan fingerprint density at radius 1 is 1.17 bits per heavy atom. The molecule has 0 radical (unpaired) electrons. The van der Waals surface area contributed by atoms with Crippen LogP contribution in [0, 0.1) is 6.92 Å². The van der Waals surface area contributed by atoms with Gasteiger partial charge >= 0.3 is 5.97 Å². The molecule has 1 N–H and O–H groups in total. The van der Waals surface area contributed by atoms with Crippen LogP contribution in [-0.4, -0.2) is 26.1 Å². The summed E-state index contributed by atoms with van der Waals surface area (Å²) < 4.78 is 1.62. The van der Waals surface area contributed by atoms with Gasteiger partial charge in [-0.05, 0) is 31.0 Å². The molecule has 0 aliphatic rings. The number of carboxylic acid groups (broad SMARTS) is 1. The second kappa shape index (κ2) is 6.04. The molecule has 0 bridgehead atoms. The summed E-state index contributed by atoms with van der Waals surface area (Å²) in [5, 5.41) is 17.5. The van der Waals surface area contributed by atoms with Gasteiger partial charge in [-0.15, -0.1) is 5.10 Å². The highest BCUT2D eigenvalue weighted by Crippen LogP contribution is 2.27. The van der Waals surface area contributed by atoms with Gasteiger partial charge in [-0.1, -0.05) is 54.1 Å². The zero-order chi connectivity index (χ0) is 16.4. The molecule has 0 aliphatic carbocycles. The van der Waals surface area contributed by atoms with Crippen molar-refractivity contribution in [3.8, 4) is 16.9 Å². The van der Waals surface area contributed by atoms with Gasteiger partial charge in [0.2, 0.25) is 0 Å². The molecule has 1 aromatic heterocycles. The number of aromatic nitrogens is 3. The van der Waals surface area contributed by atoms with Gasteiger partial charge in [-0.3, -0.25) is 0 Å². The Bertz CT molecular complexity index is 868. The van der Waals surface area contributed by atoms with Gasteiger partial charge < -0.3 is 5.11 Å². The van der Waals surface area contributed by atoms with Crippen LogP contribution in [0.2, 0.25) is 0 Å². The molecule has 0 atom stereocenters. The Balaban J connectivity index is 2.29. The van der Waals surface area contributed by atoms with Gasteiger partial charge in [0.25, 0.3) is 0 Å². The average Bonchev–Trinajstić information content (AvgIpc) is 2.99. The fraction of sp³-hybridized carbons (Fsp3) is 0.167. The number of benzene rings is 2. The summed E-state index contributed by atoms with van der Waals surface area (Å²) in [6.45, 7) is 4.03. The maximum Gasteiger partial charge on any atom is 0.358 e. The second-order valence-electron chi connectivity index (χ2n) is 5.36. The number of hydrogen-bond acceptors (Lipinski definition) is 3. The summed E-state index contributed by atoms with van der Waals surface area (Å²) in [5.74, 6) is -1.08. The first-order valence-electron chi connectivity index (χ1n) is 7.46. The third-order valence-corrected chi connectivity index (χ3v) is 3.77. The second-order valence-corrected chi connectivity index (χ2v) is 5.36. The Hall–Kier alpha value is -2.95. The van der Waals surface area contributed by atoms with Crippen LogP contribution in [0.3, 0.4) is 0 Å². The van der Waals surface area contributed by atoms with E-state index in [4.69, 9.17) is 0 Å². The van der Waals surface area contributed by atoms with Crippen LogP contribution in [0.1, 0.15) is 28.5 Å². The van der Waals surface area contributed by atoms with Gasteiger partial charge in [0.15, 0.2) is 5.69 Å². The molecule has 0 fully saturated rings. The van der Waals surface area contributed by atoms with Crippen LogP contribution in [0.5, 0.6) is 0 Å². The fourth-order valence-corrected chi connectivity index (χ4v) is 2.66. The quantitative estimate of drug-likeness (QED) is 0.801. The van der Waals surface area contributed by atoms with E-state index in [9.17, 15) is 9.90 Å². The number of carboxylic acids is 1. The predicted octanol–water partition coefficient (Wildman–Crippen LogP) is 3.50. The molecule has 1 heterocycles. The summed E-state index contributed by atoms with van der Waals surface area (Å²) in [5.41, 5.74) is 4.24. The normalized spacial score (nSPS) is 10.7. The number of nitrogens with zero attached hydrogens (tertiary/aromatic N) is 3. The van der Waals surface area contributed by atoms with E-state index >= 15 is 0 Å². The Morgan fingerprint density at radius 2 is 1.96 bits per heavy atom. The third-order valence-electron chi connectivity index (χ3n) is 3.77. The number of rotatable bonds is 4. The minimum absolute atomic E-state index is 0.0403. The smallest absolute Gasteiger partial charge is 0.358 e. The van der Waals surface area contributed by atoms with Gasteiger partial charge in [-0.2, -0.15) is 0 Å². The molecule has 2 aromatic carbocycles. The molecular weight excluding hydrogens is 290 g/mol. The van der Waals surface area contributed by atoms with Crippen molar-refractivity contribution in [2.75, 3.05) is 0 Å². The van der Waals surface area contributed by atoms with E-state index in [2.05, 4.69) is 17.2 Å². The molecule has 0 unspecified atom stereocenters. The van der Waals surface area contributed by atoms with Gasteiger partial charge in [0.1, 0.15) is 5.69 Å². The zero-order valence-electron chi connectivity index (χ0n) is 13.0. The maximum atomic E-state index is 11.6. The van der Waals surface area contributed by atoms with Crippen molar-refractivity contribution in [1.29, 1.82) is 0 Å². The van der Waals surface area contributed by atoms with E-state index in [1.165, 1.54) is 0 Å². The SMILES string of the molecule is CCc1ccccc1-n1nnc(C(=O)O)c1-c1cccc(C)c1. The Labute approximate surface area is 134 Å². The molecule has 0 saturated heterocycles. The monoisotopic (exact) mass is 307 g/mol. The van der Waals surface area contributed by atoms with Crippen LogP contribution in [-0.2, 0) is 6.42 Å². The largest absolute Gasteiger partial charge is 0.476 e. The van der Waals surface area contributed by atoms with Crippen molar-refractivity contribution < 1.29 is 9.90 Å². The van der Waals surface area contributed by atoms with Gasteiger partial charge in [0, 0.05) is 5.56 Å². The molecule has 0 spiro atoms. The summed E-state index contributed by atoms with van der Waals surface area (Å²) >= 11 is 0.